The van der Waals surface area contributed by atoms with Crippen molar-refractivity contribution in [3.63, 3.8) is 0 Å². The van der Waals surface area contributed by atoms with Gasteiger partial charge in [-0.1, -0.05) is 23.8 Å². The number of carbonyl (C=O) groups is 1. The van der Waals surface area contributed by atoms with Gasteiger partial charge in [-0.15, -0.1) is 11.8 Å². The number of thioether (sulfide) groups is 1. The molecule has 1 unspecified atom stereocenters. The van der Waals surface area contributed by atoms with Crippen molar-refractivity contribution in [2.24, 2.45) is 0 Å². The third-order valence-electron chi connectivity index (χ3n) is 4.23. The predicted molar refractivity (Wildman–Crippen MR) is 100 cm³/mol. The first-order valence-corrected chi connectivity index (χ1v) is 9.32. The Kier molecular flexibility index (Phi) is 5.23. The van der Waals surface area contributed by atoms with Crippen molar-refractivity contribution in [1.82, 2.24) is 5.32 Å². The minimum Gasteiger partial charge on any atom is -0.454 e. The van der Waals surface area contributed by atoms with Gasteiger partial charge in [0.15, 0.2) is 11.5 Å². The average Bonchev–Trinajstić information content (AvgIpc) is 3.01. The molecule has 1 aliphatic rings. The van der Waals surface area contributed by atoms with Gasteiger partial charge in [-0.05, 0) is 56.5 Å². The number of fused-ring (bicyclic) bond motifs is 1. The standard InChI is InChI=1S/C20H23NO3S/c1-12-7-13(2)20(14(3)8-12)25-10-19(22)21-15(4)16-5-6-17-18(9-16)24-11-23-17/h5-9,15H,10-11H2,1-4H3,(H,21,22). The predicted octanol–water partition coefficient (Wildman–Crippen LogP) is 4.31. The lowest BCUT2D eigenvalue weighted by Gasteiger charge is -2.16. The van der Waals surface area contributed by atoms with Crippen LogP contribution in [0.4, 0.5) is 0 Å². The van der Waals surface area contributed by atoms with Crippen molar-refractivity contribution < 1.29 is 14.3 Å². The maximum absolute atomic E-state index is 12.3. The molecule has 0 aromatic heterocycles. The summed E-state index contributed by atoms with van der Waals surface area (Å²) in [5.74, 6) is 1.91. The molecule has 132 valence electrons. The quantitative estimate of drug-likeness (QED) is 0.810. The van der Waals surface area contributed by atoms with Crippen LogP contribution in [0.1, 0.15) is 35.2 Å². The largest absolute Gasteiger partial charge is 0.454 e. The van der Waals surface area contributed by atoms with Gasteiger partial charge in [0.1, 0.15) is 0 Å². The summed E-state index contributed by atoms with van der Waals surface area (Å²) in [4.78, 5) is 13.5. The smallest absolute Gasteiger partial charge is 0.231 e. The molecule has 1 N–H and O–H groups in total. The molecule has 1 amide bonds. The summed E-state index contributed by atoms with van der Waals surface area (Å²) in [6.45, 7) is 8.51. The SMILES string of the molecule is Cc1cc(C)c(SCC(=O)NC(C)c2ccc3c(c2)OCO3)c(C)c1. The number of hydrogen-bond acceptors (Lipinski definition) is 4. The molecule has 0 saturated carbocycles. The maximum atomic E-state index is 12.3. The third kappa shape index (κ3) is 4.10. The van der Waals surface area contributed by atoms with E-state index in [0.717, 1.165) is 17.1 Å². The maximum Gasteiger partial charge on any atom is 0.231 e. The Labute approximate surface area is 152 Å². The molecule has 25 heavy (non-hydrogen) atoms. The van der Waals surface area contributed by atoms with Crippen molar-refractivity contribution in [2.75, 3.05) is 12.5 Å². The molecule has 3 rings (SSSR count). The van der Waals surface area contributed by atoms with Crippen LogP contribution < -0.4 is 14.8 Å². The molecule has 2 aromatic rings. The molecule has 5 heteroatoms. The highest BCUT2D eigenvalue weighted by Gasteiger charge is 2.17. The lowest BCUT2D eigenvalue weighted by Crippen LogP contribution is -2.28. The van der Waals surface area contributed by atoms with E-state index in [4.69, 9.17) is 9.47 Å². The molecule has 1 heterocycles. The first-order chi connectivity index (χ1) is 11.9. The number of hydrogen-bond donors (Lipinski definition) is 1. The van der Waals surface area contributed by atoms with E-state index in [-0.39, 0.29) is 18.7 Å². The van der Waals surface area contributed by atoms with Crippen molar-refractivity contribution in [2.45, 2.75) is 38.6 Å². The molecule has 0 spiro atoms. The fraction of sp³-hybridized carbons (Fsp3) is 0.350. The second-order valence-electron chi connectivity index (χ2n) is 6.42. The molecule has 0 radical (unpaired) electrons. The highest BCUT2D eigenvalue weighted by Crippen LogP contribution is 2.34. The summed E-state index contributed by atoms with van der Waals surface area (Å²) in [5, 5.41) is 3.05. The van der Waals surface area contributed by atoms with Gasteiger partial charge in [0.2, 0.25) is 12.7 Å². The number of amides is 1. The zero-order chi connectivity index (χ0) is 18.0. The van der Waals surface area contributed by atoms with E-state index in [0.29, 0.717) is 5.75 Å². The van der Waals surface area contributed by atoms with E-state index in [1.807, 2.05) is 25.1 Å². The zero-order valence-corrected chi connectivity index (χ0v) is 15.8. The van der Waals surface area contributed by atoms with E-state index in [2.05, 4.69) is 38.2 Å². The minimum absolute atomic E-state index is 0.0227. The van der Waals surface area contributed by atoms with Crippen LogP contribution in [0.25, 0.3) is 0 Å². The molecule has 0 saturated heterocycles. The molecule has 0 bridgehead atoms. The molecule has 0 aliphatic carbocycles. The van der Waals surface area contributed by atoms with E-state index < -0.39 is 0 Å². The Morgan fingerprint density at radius 1 is 1.12 bits per heavy atom. The fourth-order valence-electron chi connectivity index (χ4n) is 3.08. The monoisotopic (exact) mass is 357 g/mol. The van der Waals surface area contributed by atoms with Gasteiger partial charge in [-0.25, -0.2) is 0 Å². The molecule has 4 nitrogen and oxygen atoms in total. The van der Waals surface area contributed by atoms with Gasteiger partial charge in [0.05, 0.1) is 11.8 Å². The van der Waals surface area contributed by atoms with E-state index >= 15 is 0 Å². The lowest BCUT2D eigenvalue weighted by atomic mass is 10.1. The molecule has 1 aliphatic heterocycles. The Morgan fingerprint density at radius 2 is 1.80 bits per heavy atom. The van der Waals surface area contributed by atoms with E-state index in [9.17, 15) is 4.79 Å². The first kappa shape index (κ1) is 17.7. The summed E-state index contributed by atoms with van der Waals surface area (Å²) in [6, 6.07) is 10.00. The highest BCUT2D eigenvalue weighted by molar-refractivity contribution is 8.00. The number of rotatable bonds is 5. The summed E-state index contributed by atoms with van der Waals surface area (Å²) in [6.07, 6.45) is 0. The summed E-state index contributed by atoms with van der Waals surface area (Å²) in [7, 11) is 0. The van der Waals surface area contributed by atoms with E-state index in [1.54, 1.807) is 11.8 Å². The second-order valence-corrected chi connectivity index (χ2v) is 7.40. The minimum atomic E-state index is -0.0807. The van der Waals surface area contributed by atoms with Crippen molar-refractivity contribution >= 4 is 17.7 Å². The van der Waals surface area contributed by atoms with Gasteiger partial charge >= 0.3 is 0 Å². The summed E-state index contributed by atoms with van der Waals surface area (Å²) < 4.78 is 10.7. The molecule has 0 fully saturated rings. The van der Waals surface area contributed by atoms with Crippen LogP contribution in [-0.2, 0) is 4.79 Å². The Hall–Kier alpha value is -2.14. The number of ether oxygens (including phenoxy) is 2. The third-order valence-corrected chi connectivity index (χ3v) is 5.57. The van der Waals surface area contributed by atoms with Crippen LogP contribution in [-0.4, -0.2) is 18.5 Å². The molecular weight excluding hydrogens is 334 g/mol. The van der Waals surface area contributed by atoms with Crippen molar-refractivity contribution in [1.29, 1.82) is 0 Å². The molecule has 1 atom stereocenters. The highest BCUT2D eigenvalue weighted by atomic mass is 32.2. The first-order valence-electron chi connectivity index (χ1n) is 8.33. The number of benzene rings is 2. The van der Waals surface area contributed by atoms with Crippen LogP contribution in [0.15, 0.2) is 35.2 Å². The van der Waals surface area contributed by atoms with Gasteiger partial charge < -0.3 is 14.8 Å². The number of carbonyl (C=O) groups excluding carboxylic acids is 1. The average molecular weight is 357 g/mol. The number of aryl methyl sites for hydroxylation is 3. The Bertz CT molecular complexity index is 781. The van der Waals surface area contributed by atoms with Gasteiger partial charge in [0, 0.05) is 4.90 Å². The van der Waals surface area contributed by atoms with Gasteiger partial charge in [-0.3, -0.25) is 4.79 Å². The second kappa shape index (κ2) is 7.40. The molecule has 2 aromatic carbocycles. The van der Waals surface area contributed by atoms with Crippen LogP contribution >= 0.6 is 11.8 Å². The lowest BCUT2D eigenvalue weighted by molar-refractivity contribution is -0.119. The van der Waals surface area contributed by atoms with Gasteiger partial charge in [-0.2, -0.15) is 0 Å². The van der Waals surface area contributed by atoms with Crippen LogP contribution in [0.2, 0.25) is 0 Å². The molecular formula is C20H23NO3S. The van der Waals surface area contributed by atoms with Crippen molar-refractivity contribution in [3.05, 3.63) is 52.6 Å². The normalized spacial score (nSPS) is 13.6. The summed E-state index contributed by atoms with van der Waals surface area (Å²) in [5.41, 5.74) is 4.70. The van der Waals surface area contributed by atoms with E-state index in [1.165, 1.54) is 21.6 Å². The van der Waals surface area contributed by atoms with Gasteiger partial charge in [0.25, 0.3) is 0 Å². The van der Waals surface area contributed by atoms with Crippen molar-refractivity contribution in [3.8, 4) is 11.5 Å². The fourth-order valence-corrected chi connectivity index (χ4v) is 4.01. The summed E-state index contributed by atoms with van der Waals surface area (Å²) >= 11 is 1.59. The Morgan fingerprint density at radius 3 is 2.52 bits per heavy atom. The van der Waals surface area contributed by atoms with Crippen LogP contribution in [0.5, 0.6) is 11.5 Å². The Balaban J connectivity index is 1.59. The van der Waals surface area contributed by atoms with Crippen LogP contribution in [0, 0.1) is 20.8 Å². The topological polar surface area (TPSA) is 47.6 Å². The van der Waals surface area contributed by atoms with Crippen LogP contribution in [0.3, 0.4) is 0 Å². The zero-order valence-electron chi connectivity index (χ0n) is 15.0. The number of nitrogens with one attached hydrogen (secondary N) is 1.